The van der Waals surface area contributed by atoms with E-state index in [1.165, 1.54) is 19.5 Å². The van der Waals surface area contributed by atoms with Crippen LogP contribution in [0.1, 0.15) is 22.8 Å². The van der Waals surface area contributed by atoms with Gasteiger partial charge in [0.25, 0.3) is 5.56 Å². The van der Waals surface area contributed by atoms with E-state index in [1.807, 2.05) is 0 Å². The van der Waals surface area contributed by atoms with Crippen LogP contribution in [0.25, 0.3) is 11.3 Å². The summed E-state index contributed by atoms with van der Waals surface area (Å²) in [4.78, 5) is 23.6. The molecule has 1 atom stereocenters. The molecule has 1 saturated heterocycles. The van der Waals surface area contributed by atoms with E-state index in [0.717, 1.165) is 0 Å². The number of nitrogens with zero attached hydrogens (tertiary/aromatic N) is 2. The minimum Gasteiger partial charge on any atom is -0.465 e. The molecule has 0 aromatic heterocycles. The first-order valence-electron chi connectivity index (χ1n) is 6.30. The highest BCUT2D eigenvalue weighted by Crippen LogP contribution is 2.28. The van der Waals surface area contributed by atoms with E-state index < -0.39 is 21.4 Å². The summed E-state index contributed by atoms with van der Waals surface area (Å²) in [5.41, 5.74) is 0.175. The maximum atomic E-state index is 11.8. The fourth-order valence-electron chi connectivity index (χ4n) is 2.54. The number of nitrogens with one attached hydrogen (secondary N) is 1. The van der Waals surface area contributed by atoms with Crippen LogP contribution in [0.2, 0.25) is 0 Å². The Kier molecular flexibility index (Phi) is 3.08. The molecule has 3 aliphatic heterocycles. The second-order valence-corrected chi connectivity index (χ2v) is 7.21. The van der Waals surface area contributed by atoms with Crippen molar-refractivity contribution >= 4 is 15.8 Å². The maximum absolute atomic E-state index is 11.8. The summed E-state index contributed by atoms with van der Waals surface area (Å²) in [7, 11) is -1.84. The number of ether oxygens (including phenoxy) is 1. The Morgan fingerprint density at radius 3 is 2.86 bits per heavy atom. The fraction of sp³-hybridized carbons (Fsp3) is 0.417. The van der Waals surface area contributed by atoms with Gasteiger partial charge >= 0.3 is 5.97 Å². The lowest BCUT2D eigenvalue weighted by Gasteiger charge is -2.16. The van der Waals surface area contributed by atoms with Crippen LogP contribution in [-0.2, 0) is 14.6 Å². The summed E-state index contributed by atoms with van der Waals surface area (Å²) in [6.07, 6.45) is 3.46. The molecular weight excluding hydrogens is 298 g/mol. The molecule has 8 nitrogen and oxygen atoms in total. The monoisotopic (exact) mass is 311 g/mol. The Balaban J connectivity index is 2.15. The van der Waals surface area contributed by atoms with E-state index in [1.54, 1.807) is 4.57 Å². The molecule has 0 aromatic rings. The first-order valence-corrected chi connectivity index (χ1v) is 8.12. The van der Waals surface area contributed by atoms with Crippen LogP contribution in [0.4, 0.5) is 0 Å². The number of aromatic nitrogens is 3. The van der Waals surface area contributed by atoms with Gasteiger partial charge in [-0.05, 0) is 6.42 Å². The zero-order chi connectivity index (χ0) is 15.2. The Labute approximate surface area is 120 Å². The van der Waals surface area contributed by atoms with Crippen molar-refractivity contribution in [3.05, 3.63) is 28.3 Å². The van der Waals surface area contributed by atoms with Crippen LogP contribution in [0.5, 0.6) is 0 Å². The highest BCUT2D eigenvalue weighted by Gasteiger charge is 2.31. The molecular formula is C12H13N3O5S. The van der Waals surface area contributed by atoms with Gasteiger partial charge in [-0.2, -0.15) is 5.10 Å². The Hall–Kier alpha value is -2.16. The van der Waals surface area contributed by atoms with Gasteiger partial charge in [0.2, 0.25) is 0 Å². The number of H-pyrrole nitrogens is 1. The van der Waals surface area contributed by atoms with Crippen LogP contribution >= 0.6 is 0 Å². The molecule has 112 valence electrons. The summed E-state index contributed by atoms with van der Waals surface area (Å²) in [6, 6.07) is -0.294. The van der Waals surface area contributed by atoms with Crippen LogP contribution in [0.3, 0.4) is 0 Å². The summed E-state index contributed by atoms with van der Waals surface area (Å²) in [5, 5.41) is 6.10. The topological polar surface area (TPSA) is 111 Å². The molecule has 0 saturated carbocycles. The zero-order valence-electron chi connectivity index (χ0n) is 11.2. The lowest BCUT2D eigenvalue weighted by Crippen LogP contribution is -2.16. The van der Waals surface area contributed by atoms with Crippen molar-refractivity contribution in [2.45, 2.75) is 12.5 Å². The standard InChI is InChI=1S/C12H13N3O5S/c1-20-12(17)9-5-15(7-2-3-21(18,19)6-7)4-8-10(9)13-14-11(8)16/h4-5,7H,2-3,6H2,1H3,(H,14,16)/t7-/m1/s1. The van der Waals surface area contributed by atoms with Gasteiger partial charge in [0.1, 0.15) is 11.3 Å². The molecule has 21 heavy (non-hydrogen) atoms. The Morgan fingerprint density at radius 2 is 2.24 bits per heavy atom. The molecule has 0 unspecified atom stereocenters. The van der Waals surface area contributed by atoms with Crippen molar-refractivity contribution in [1.82, 2.24) is 14.8 Å². The highest BCUT2D eigenvalue weighted by molar-refractivity contribution is 7.91. The predicted molar refractivity (Wildman–Crippen MR) is 73.1 cm³/mol. The van der Waals surface area contributed by atoms with Gasteiger partial charge < -0.3 is 9.30 Å². The summed E-state index contributed by atoms with van der Waals surface area (Å²) in [6.45, 7) is 0. The summed E-state index contributed by atoms with van der Waals surface area (Å²) < 4.78 is 29.4. The van der Waals surface area contributed by atoms with Crippen molar-refractivity contribution in [1.29, 1.82) is 0 Å². The summed E-state index contributed by atoms with van der Waals surface area (Å²) >= 11 is 0. The van der Waals surface area contributed by atoms with Crippen LogP contribution in [0.15, 0.2) is 17.2 Å². The van der Waals surface area contributed by atoms with Gasteiger partial charge in [-0.3, -0.25) is 4.79 Å². The number of carbonyl (C=O) groups excluding carboxylic acids is 1. The van der Waals surface area contributed by atoms with E-state index in [2.05, 4.69) is 14.9 Å². The van der Waals surface area contributed by atoms with E-state index >= 15 is 0 Å². The van der Waals surface area contributed by atoms with Crippen molar-refractivity contribution < 1.29 is 17.9 Å². The second kappa shape index (κ2) is 4.69. The van der Waals surface area contributed by atoms with Crippen LogP contribution in [0, 0.1) is 0 Å². The number of esters is 1. The third-order valence-electron chi connectivity index (χ3n) is 3.62. The number of fused-ring (bicyclic) bond motifs is 1. The van der Waals surface area contributed by atoms with Gasteiger partial charge in [0.15, 0.2) is 9.84 Å². The largest absolute Gasteiger partial charge is 0.465 e. The minimum absolute atomic E-state index is 0.00414. The predicted octanol–water partition coefficient (Wildman–Crippen LogP) is -0.178. The lowest BCUT2D eigenvalue weighted by molar-refractivity contribution is 0.0600. The number of aromatic amines is 1. The van der Waals surface area contributed by atoms with Gasteiger partial charge in [0, 0.05) is 18.4 Å². The molecule has 9 heteroatoms. The molecule has 3 heterocycles. The number of methoxy groups -OCH3 is 1. The number of rotatable bonds is 2. The molecule has 0 radical (unpaired) electrons. The van der Waals surface area contributed by atoms with Crippen molar-refractivity contribution in [3.63, 3.8) is 0 Å². The van der Waals surface area contributed by atoms with Crippen LogP contribution in [-0.4, -0.2) is 47.8 Å². The first kappa shape index (κ1) is 13.8. The SMILES string of the molecule is COC(=O)c1cn([C@@H]2CCS(=O)(=O)C2)cc2c(=O)[nH]nc1-2. The van der Waals surface area contributed by atoms with E-state index in [4.69, 9.17) is 0 Å². The van der Waals surface area contributed by atoms with Gasteiger partial charge in [-0.15, -0.1) is 0 Å². The third kappa shape index (κ3) is 2.33. The number of hydrogen-bond acceptors (Lipinski definition) is 6. The number of pyridine rings is 1. The number of hydrogen-bond donors (Lipinski definition) is 1. The lowest BCUT2D eigenvalue weighted by atomic mass is 10.1. The Bertz CT molecular complexity index is 835. The van der Waals surface area contributed by atoms with Crippen molar-refractivity contribution in [2.75, 3.05) is 18.6 Å². The molecule has 0 amide bonds. The first-order chi connectivity index (χ1) is 9.91. The molecule has 0 aromatic carbocycles. The van der Waals surface area contributed by atoms with Gasteiger partial charge in [-0.25, -0.2) is 18.3 Å². The summed E-state index contributed by atoms with van der Waals surface area (Å²) in [5.74, 6) is -0.525. The van der Waals surface area contributed by atoms with E-state index in [9.17, 15) is 18.0 Å². The third-order valence-corrected chi connectivity index (χ3v) is 5.37. The smallest absolute Gasteiger partial charge is 0.341 e. The minimum atomic E-state index is -3.07. The average Bonchev–Trinajstić information content (AvgIpc) is 3.00. The number of carbonyl (C=O) groups is 1. The molecule has 0 spiro atoms. The zero-order valence-corrected chi connectivity index (χ0v) is 12.0. The normalized spacial score (nSPS) is 20.7. The molecule has 0 bridgehead atoms. The van der Waals surface area contributed by atoms with Gasteiger partial charge in [-0.1, -0.05) is 0 Å². The van der Waals surface area contributed by atoms with Crippen LogP contribution < -0.4 is 5.56 Å². The average molecular weight is 311 g/mol. The quantitative estimate of drug-likeness (QED) is 0.770. The van der Waals surface area contributed by atoms with E-state index in [0.29, 0.717) is 6.42 Å². The highest BCUT2D eigenvalue weighted by atomic mass is 32.2. The molecule has 0 aliphatic carbocycles. The van der Waals surface area contributed by atoms with Crippen molar-refractivity contribution in [2.24, 2.45) is 0 Å². The number of sulfone groups is 1. The Morgan fingerprint density at radius 1 is 1.48 bits per heavy atom. The van der Waals surface area contributed by atoms with E-state index in [-0.39, 0.29) is 34.4 Å². The van der Waals surface area contributed by atoms with Gasteiger partial charge in [0.05, 0.1) is 24.2 Å². The molecule has 1 fully saturated rings. The molecule has 3 aliphatic rings. The molecule has 1 N–H and O–H groups in total. The maximum Gasteiger partial charge on any atom is 0.341 e. The van der Waals surface area contributed by atoms with Crippen molar-refractivity contribution in [3.8, 4) is 11.3 Å². The molecule has 3 rings (SSSR count). The fourth-order valence-corrected chi connectivity index (χ4v) is 4.26. The second-order valence-electron chi connectivity index (χ2n) is 4.98.